The Bertz CT molecular complexity index is 2590. The Morgan fingerprint density at radius 2 is 1.73 bits per heavy atom. The number of benzene rings is 2. The van der Waals surface area contributed by atoms with Gasteiger partial charge in [-0.15, -0.1) is 0 Å². The average Bonchev–Trinajstić information content (AvgIpc) is 4.15. The maximum absolute atomic E-state index is 15.2. The number of nitrogens with zero attached hydrogens (tertiary/aromatic N) is 2. The van der Waals surface area contributed by atoms with Crippen LogP contribution in [0.5, 0.6) is 23.1 Å². The first-order valence-electron chi connectivity index (χ1n) is 23.2. The third-order valence-corrected chi connectivity index (χ3v) is 16.9. The van der Waals surface area contributed by atoms with E-state index in [1.807, 2.05) is 50.3 Å². The Kier molecular flexibility index (Phi) is 12.9. The van der Waals surface area contributed by atoms with Crippen LogP contribution in [0.25, 0.3) is 22.0 Å². The second-order valence-corrected chi connectivity index (χ2v) is 22.4. The zero-order valence-corrected chi connectivity index (χ0v) is 40.0. The van der Waals surface area contributed by atoms with Crippen LogP contribution in [0.15, 0.2) is 54.6 Å². The zero-order chi connectivity index (χ0) is 48.3. The molecule has 1 saturated heterocycles. The smallest absolute Gasteiger partial charge is 0.307 e. The van der Waals surface area contributed by atoms with Crippen molar-refractivity contribution in [2.24, 2.45) is 29.1 Å². The van der Waals surface area contributed by atoms with Gasteiger partial charge in [-0.05, 0) is 125 Å². The van der Waals surface area contributed by atoms with Crippen LogP contribution in [0.1, 0.15) is 99.3 Å². The first kappa shape index (κ1) is 48.1. The maximum Gasteiger partial charge on any atom is 0.307 e. The average molecular weight is 950 g/mol. The maximum atomic E-state index is 15.2. The Morgan fingerprint density at radius 3 is 2.43 bits per heavy atom. The molecule has 362 valence electrons. The number of Topliss-reactive ketones (excluding diaryl/α,β-unsaturated/α-hetero) is 1. The Labute approximate surface area is 390 Å². The number of carbonyl (C=O) groups excluding carboxylic acids is 4. The van der Waals surface area contributed by atoms with Crippen molar-refractivity contribution in [1.82, 2.24) is 14.6 Å². The fraction of sp³-hybridized carbons (Fsp3) is 0.580. The molecular weight excluding hydrogens is 889 g/mol. The van der Waals surface area contributed by atoms with E-state index in [0.29, 0.717) is 86.1 Å². The number of alkyl halides is 2. The molecule has 2 saturated carbocycles. The molecule has 2 aliphatic carbocycles. The predicted octanol–water partition coefficient (Wildman–Crippen LogP) is 7.99. The number of rotatable bonds is 11. The largest absolute Gasteiger partial charge is 0.497 e. The molecule has 0 radical (unpaired) electrons. The molecule has 5 aliphatic rings. The van der Waals surface area contributed by atoms with Crippen molar-refractivity contribution >= 4 is 44.4 Å². The summed E-state index contributed by atoms with van der Waals surface area (Å²) >= 11 is 0. The van der Waals surface area contributed by atoms with Crippen LogP contribution < -0.4 is 23.7 Å². The molecular formula is C50H61F2N3O11S. The number of halogens is 2. The lowest BCUT2D eigenvalue weighted by Crippen LogP contribution is -2.49. The van der Waals surface area contributed by atoms with Gasteiger partial charge in [-0.2, -0.15) is 0 Å². The van der Waals surface area contributed by atoms with Gasteiger partial charge in [-0.25, -0.2) is 22.2 Å². The van der Waals surface area contributed by atoms with E-state index in [9.17, 15) is 31.6 Å². The fourth-order valence-electron chi connectivity index (χ4n) is 9.61. The van der Waals surface area contributed by atoms with Crippen LogP contribution >= 0.6 is 0 Å². The van der Waals surface area contributed by atoms with Crippen LogP contribution in [0.2, 0.25) is 0 Å². The Balaban J connectivity index is 1.16. The van der Waals surface area contributed by atoms with Gasteiger partial charge in [0.1, 0.15) is 25.1 Å². The van der Waals surface area contributed by atoms with Crippen molar-refractivity contribution in [3.05, 3.63) is 54.6 Å². The molecule has 2 amide bonds. The minimum atomic E-state index is -4.04. The van der Waals surface area contributed by atoms with Crippen LogP contribution in [0.4, 0.5) is 8.78 Å². The lowest BCUT2D eigenvalue weighted by Gasteiger charge is -2.34. The SMILES string of the molecule is COc1ccc2c(O[C@@H]3C[C@H]4C(=O)C[C@]5(C(=O)NS(=O)(=O)C6(C)CC6)C[C@H]5/C=C\CC[C@H](C)C[C@@H](C)[C@H](CC(=O)OC(C)(C)C(C)(F)F)C(=O)N4C3)nc(-c3ccc4c(c3)OCCO4)cc2c1. The van der Waals surface area contributed by atoms with E-state index in [1.54, 1.807) is 32.2 Å². The fourth-order valence-corrected chi connectivity index (χ4v) is 10.9. The van der Waals surface area contributed by atoms with E-state index in [2.05, 4.69) is 4.72 Å². The number of ketones is 1. The summed E-state index contributed by atoms with van der Waals surface area (Å²) in [5.74, 6) is -6.09. The van der Waals surface area contributed by atoms with Crippen molar-refractivity contribution in [2.75, 3.05) is 26.9 Å². The van der Waals surface area contributed by atoms with Crippen LogP contribution in [0, 0.1) is 29.1 Å². The summed E-state index contributed by atoms with van der Waals surface area (Å²) in [5, 5.41) is 1.35. The highest BCUT2D eigenvalue weighted by atomic mass is 32.2. The van der Waals surface area contributed by atoms with Gasteiger partial charge in [0.05, 0.1) is 47.9 Å². The third-order valence-electron chi connectivity index (χ3n) is 14.7. The summed E-state index contributed by atoms with van der Waals surface area (Å²) in [7, 11) is -2.48. The van der Waals surface area contributed by atoms with E-state index in [-0.39, 0.29) is 37.6 Å². The molecule has 3 aromatic rings. The lowest BCUT2D eigenvalue weighted by atomic mass is 9.82. The van der Waals surface area contributed by atoms with Crippen molar-refractivity contribution in [2.45, 2.75) is 128 Å². The summed E-state index contributed by atoms with van der Waals surface area (Å²) < 4.78 is 86.5. The van der Waals surface area contributed by atoms with Crippen molar-refractivity contribution in [3.8, 4) is 34.4 Å². The van der Waals surface area contributed by atoms with Crippen LogP contribution in [0.3, 0.4) is 0 Å². The van der Waals surface area contributed by atoms with Crippen molar-refractivity contribution in [1.29, 1.82) is 0 Å². The number of nitrogens with one attached hydrogen (secondary N) is 1. The molecule has 0 spiro atoms. The van der Waals surface area contributed by atoms with Crippen molar-refractivity contribution < 1.29 is 60.1 Å². The number of esters is 1. The summed E-state index contributed by atoms with van der Waals surface area (Å²) in [4.78, 5) is 64.4. The van der Waals surface area contributed by atoms with E-state index in [0.717, 1.165) is 19.2 Å². The summed E-state index contributed by atoms with van der Waals surface area (Å²) in [6.07, 6.45) is 4.96. The number of carbonyl (C=O) groups is 4. The van der Waals surface area contributed by atoms with E-state index < -0.39 is 91.6 Å². The molecule has 1 N–H and O–H groups in total. The standard InChI is InChI=1S/C50H61F2N3O11S/c1-29-10-8-9-11-33-26-50(33,46(59)54-67(60,61)48(5)16-17-48)27-40(56)39-24-35(28-55(39)45(58)37(30(2)20-29)25-43(57)66-47(3,4)49(6,51)52)65-44-36-14-13-34(62-7)21-32(36)22-38(53-44)31-12-15-41-42(23-31)64-19-18-63-41/h9,11-15,21-23,29-30,33,35,37,39H,8,10,16-20,24-28H2,1-7H3,(H,54,59)/b11-9-/t29-,30+,33+,35+,37-,39-,50+/m0/s1. The molecule has 14 nitrogen and oxygen atoms in total. The molecule has 17 heteroatoms. The number of hydrogen-bond acceptors (Lipinski definition) is 12. The molecule has 8 rings (SSSR count). The monoisotopic (exact) mass is 949 g/mol. The third kappa shape index (κ3) is 9.85. The van der Waals surface area contributed by atoms with Gasteiger partial charge < -0.3 is 28.6 Å². The molecule has 0 bridgehead atoms. The zero-order valence-electron chi connectivity index (χ0n) is 39.2. The summed E-state index contributed by atoms with van der Waals surface area (Å²) in [5.41, 5.74) is -2.31. The number of allylic oxidation sites excluding steroid dienone is 2. The summed E-state index contributed by atoms with van der Waals surface area (Å²) in [6, 6.07) is 11.6. The molecule has 3 fully saturated rings. The van der Waals surface area contributed by atoms with Gasteiger partial charge in [0.15, 0.2) is 22.9 Å². The number of pyridine rings is 1. The Morgan fingerprint density at radius 1 is 1.00 bits per heavy atom. The molecule has 0 unspecified atom stereocenters. The van der Waals surface area contributed by atoms with Crippen LogP contribution in [-0.2, 0) is 33.9 Å². The van der Waals surface area contributed by atoms with Gasteiger partial charge in [0.2, 0.25) is 27.7 Å². The lowest BCUT2D eigenvalue weighted by molar-refractivity contribution is -0.197. The molecule has 3 aliphatic heterocycles. The van der Waals surface area contributed by atoms with Crippen molar-refractivity contribution in [3.63, 3.8) is 0 Å². The van der Waals surface area contributed by atoms with Gasteiger partial charge in [-0.3, -0.25) is 23.9 Å². The normalized spacial score (nSPS) is 28.0. The molecule has 4 heterocycles. The van der Waals surface area contributed by atoms with Gasteiger partial charge in [-0.1, -0.05) is 26.0 Å². The van der Waals surface area contributed by atoms with Gasteiger partial charge >= 0.3 is 5.97 Å². The highest BCUT2D eigenvalue weighted by Gasteiger charge is 2.63. The number of fused-ring (bicyclic) bond motifs is 4. The molecule has 1 aromatic heterocycles. The highest BCUT2D eigenvalue weighted by Crippen LogP contribution is 2.58. The summed E-state index contributed by atoms with van der Waals surface area (Å²) in [6.45, 7) is 9.03. The van der Waals surface area contributed by atoms with E-state index in [4.69, 9.17) is 28.7 Å². The number of amides is 2. The van der Waals surface area contributed by atoms with Gasteiger partial charge in [0, 0.05) is 30.7 Å². The van der Waals surface area contributed by atoms with Crippen LogP contribution in [-0.4, -0.2) is 97.2 Å². The molecule has 2 aromatic carbocycles. The second-order valence-electron chi connectivity index (χ2n) is 20.2. The van der Waals surface area contributed by atoms with E-state index >= 15 is 4.79 Å². The molecule has 67 heavy (non-hydrogen) atoms. The number of ether oxygens (including phenoxy) is 5. The highest BCUT2D eigenvalue weighted by molar-refractivity contribution is 7.91. The Hall–Kier alpha value is -5.32. The number of aromatic nitrogens is 1. The first-order valence-corrected chi connectivity index (χ1v) is 24.7. The topological polar surface area (TPSA) is 177 Å². The number of methoxy groups -OCH3 is 1. The predicted molar refractivity (Wildman–Crippen MR) is 244 cm³/mol. The minimum absolute atomic E-state index is 0.0240. The molecule has 7 atom stereocenters. The van der Waals surface area contributed by atoms with E-state index in [1.165, 1.54) is 4.90 Å². The second kappa shape index (κ2) is 18.0. The first-order chi connectivity index (χ1) is 31.5. The quantitative estimate of drug-likeness (QED) is 0.145. The number of hydrogen-bond donors (Lipinski definition) is 1. The number of sulfonamides is 1. The minimum Gasteiger partial charge on any atom is -0.497 e. The van der Waals surface area contributed by atoms with Gasteiger partial charge in [0.25, 0.3) is 5.92 Å².